The summed E-state index contributed by atoms with van der Waals surface area (Å²) in [6, 6.07) is 20.2. The Bertz CT molecular complexity index is 964. The van der Waals surface area contributed by atoms with E-state index in [0.717, 1.165) is 45.3 Å². The molecule has 4 nitrogen and oxygen atoms in total. The first-order valence-electron chi connectivity index (χ1n) is 9.26. The van der Waals surface area contributed by atoms with Gasteiger partial charge in [0.2, 0.25) is 0 Å². The molecule has 4 aromatic rings. The van der Waals surface area contributed by atoms with Gasteiger partial charge in [0, 0.05) is 23.5 Å². The molecule has 0 saturated heterocycles. The summed E-state index contributed by atoms with van der Waals surface area (Å²) in [6.45, 7) is 7.88. The number of hydrogen-bond donors (Lipinski definition) is 0. The second kappa shape index (κ2) is 10.7. The van der Waals surface area contributed by atoms with Gasteiger partial charge in [0.25, 0.3) is 0 Å². The van der Waals surface area contributed by atoms with Gasteiger partial charge in [-0.2, -0.15) is 0 Å². The number of nitrogens with zero attached hydrogens (tertiary/aromatic N) is 4. The van der Waals surface area contributed by atoms with Gasteiger partial charge in [-0.15, -0.1) is 0 Å². The maximum absolute atomic E-state index is 4.39. The minimum absolute atomic E-state index is 0. The zero-order chi connectivity index (χ0) is 19.9. The Morgan fingerprint density at radius 3 is 1.17 bits per heavy atom. The third kappa shape index (κ3) is 6.10. The predicted octanol–water partition coefficient (Wildman–Crippen LogP) is 5.52. The van der Waals surface area contributed by atoms with Crippen molar-refractivity contribution in [3.05, 3.63) is 95.8 Å². The Hall–Kier alpha value is -2.78. The van der Waals surface area contributed by atoms with E-state index in [1.807, 2.05) is 88.4 Å². The second-order valence-corrected chi connectivity index (χ2v) is 6.62. The molecular formula is C24H24N4Ru+3. The fourth-order valence-corrected chi connectivity index (χ4v) is 2.95. The Balaban J connectivity index is 0.000000200. The number of hydrogen-bond acceptors (Lipinski definition) is 4. The fourth-order valence-electron chi connectivity index (χ4n) is 2.95. The van der Waals surface area contributed by atoms with E-state index in [0.29, 0.717) is 0 Å². The molecule has 0 bridgehead atoms. The van der Waals surface area contributed by atoms with Gasteiger partial charge in [0.05, 0.1) is 34.2 Å². The van der Waals surface area contributed by atoms with Crippen LogP contribution in [0.2, 0.25) is 0 Å². The monoisotopic (exact) mass is 470 g/mol. The molecule has 4 rings (SSSR count). The third-order valence-corrected chi connectivity index (χ3v) is 4.23. The topological polar surface area (TPSA) is 51.6 Å². The van der Waals surface area contributed by atoms with E-state index >= 15 is 0 Å². The maximum Gasteiger partial charge on any atom is 3.00 e. The first-order valence-corrected chi connectivity index (χ1v) is 9.26. The number of benzene rings is 2. The molecule has 2 heterocycles. The van der Waals surface area contributed by atoms with Gasteiger partial charge in [-0.25, -0.2) is 0 Å². The summed E-state index contributed by atoms with van der Waals surface area (Å²) in [5.41, 5.74) is 8.07. The number of aromatic nitrogens is 4. The number of aryl methyl sites for hydroxylation is 4. The smallest absolute Gasteiger partial charge is 0.255 e. The van der Waals surface area contributed by atoms with E-state index in [-0.39, 0.29) is 19.5 Å². The van der Waals surface area contributed by atoms with E-state index in [9.17, 15) is 0 Å². The zero-order valence-corrected chi connectivity index (χ0v) is 18.8. The van der Waals surface area contributed by atoms with Crippen LogP contribution in [-0.2, 0) is 19.5 Å². The molecule has 0 aliphatic rings. The van der Waals surface area contributed by atoms with Gasteiger partial charge in [-0.05, 0) is 27.7 Å². The van der Waals surface area contributed by atoms with Crippen molar-refractivity contribution < 1.29 is 19.5 Å². The maximum atomic E-state index is 4.39. The molecule has 0 amide bonds. The van der Waals surface area contributed by atoms with Crippen LogP contribution < -0.4 is 0 Å². The molecule has 0 atom stereocenters. The molecule has 29 heavy (non-hydrogen) atoms. The van der Waals surface area contributed by atoms with Crippen molar-refractivity contribution in [1.29, 1.82) is 0 Å². The van der Waals surface area contributed by atoms with Crippen LogP contribution in [0.1, 0.15) is 22.8 Å². The Labute approximate surface area is 185 Å². The standard InChI is InChI=1S/2C12H12N2.Ru/c2*1-9-8-13-12(10(2)14-9)11-6-4-3-5-7-11;/h2*3-8H,1-2H3;/q;;+3. The summed E-state index contributed by atoms with van der Waals surface area (Å²) in [6.07, 6.45) is 3.60. The third-order valence-electron chi connectivity index (χ3n) is 4.23. The van der Waals surface area contributed by atoms with E-state index in [1.54, 1.807) is 12.4 Å². The summed E-state index contributed by atoms with van der Waals surface area (Å²) in [7, 11) is 0. The Morgan fingerprint density at radius 2 is 0.862 bits per heavy atom. The van der Waals surface area contributed by atoms with Crippen molar-refractivity contribution in [2.24, 2.45) is 0 Å². The van der Waals surface area contributed by atoms with Crippen LogP contribution in [0.3, 0.4) is 0 Å². The molecule has 5 heteroatoms. The average molecular weight is 470 g/mol. The molecule has 0 fully saturated rings. The Morgan fingerprint density at radius 1 is 0.517 bits per heavy atom. The van der Waals surface area contributed by atoms with E-state index in [2.05, 4.69) is 19.9 Å². The first-order chi connectivity index (χ1) is 13.5. The molecule has 0 N–H and O–H groups in total. The summed E-state index contributed by atoms with van der Waals surface area (Å²) in [5.74, 6) is 0. The molecule has 0 aliphatic carbocycles. The van der Waals surface area contributed by atoms with Crippen LogP contribution in [-0.4, -0.2) is 19.9 Å². The minimum Gasteiger partial charge on any atom is -0.255 e. The van der Waals surface area contributed by atoms with Crippen molar-refractivity contribution in [2.45, 2.75) is 27.7 Å². The van der Waals surface area contributed by atoms with Crippen molar-refractivity contribution in [3.8, 4) is 22.5 Å². The van der Waals surface area contributed by atoms with Crippen LogP contribution >= 0.6 is 0 Å². The molecule has 0 aliphatic heterocycles. The largest absolute Gasteiger partial charge is 3.00 e. The summed E-state index contributed by atoms with van der Waals surface area (Å²) >= 11 is 0. The van der Waals surface area contributed by atoms with Gasteiger partial charge < -0.3 is 0 Å². The Kier molecular flexibility index (Phi) is 8.29. The average Bonchev–Trinajstić information content (AvgIpc) is 2.70. The molecular weight excluding hydrogens is 445 g/mol. The van der Waals surface area contributed by atoms with Crippen LogP contribution in [0.5, 0.6) is 0 Å². The van der Waals surface area contributed by atoms with E-state index in [4.69, 9.17) is 0 Å². The van der Waals surface area contributed by atoms with E-state index in [1.165, 1.54) is 0 Å². The zero-order valence-electron chi connectivity index (χ0n) is 17.1. The molecule has 0 spiro atoms. The van der Waals surface area contributed by atoms with Crippen LogP contribution in [0.15, 0.2) is 73.1 Å². The van der Waals surface area contributed by atoms with E-state index < -0.39 is 0 Å². The minimum atomic E-state index is 0. The van der Waals surface area contributed by atoms with Crippen molar-refractivity contribution in [1.82, 2.24) is 19.9 Å². The first kappa shape index (κ1) is 22.5. The molecule has 0 unspecified atom stereocenters. The SMILES string of the molecule is Cc1cnc(-c2ccccc2)c(C)n1.Cc1cnc(-c2ccccc2)c(C)n1.[Ru+3]. The molecule has 2 aromatic carbocycles. The van der Waals surface area contributed by atoms with Gasteiger partial charge in [0.15, 0.2) is 0 Å². The molecule has 1 radical (unpaired) electrons. The van der Waals surface area contributed by atoms with Crippen molar-refractivity contribution in [2.75, 3.05) is 0 Å². The fraction of sp³-hybridized carbons (Fsp3) is 0.167. The summed E-state index contributed by atoms with van der Waals surface area (Å²) in [5, 5.41) is 0. The van der Waals surface area contributed by atoms with Gasteiger partial charge >= 0.3 is 19.5 Å². The summed E-state index contributed by atoms with van der Waals surface area (Å²) < 4.78 is 0. The predicted molar refractivity (Wildman–Crippen MR) is 114 cm³/mol. The second-order valence-electron chi connectivity index (χ2n) is 6.62. The van der Waals surface area contributed by atoms with Crippen LogP contribution in [0.4, 0.5) is 0 Å². The molecule has 0 saturated carbocycles. The quantitative estimate of drug-likeness (QED) is 0.363. The molecule has 2 aromatic heterocycles. The van der Waals surface area contributed by atoms with Gasteiger partial charge in [0.1, 0.15) is 0 Å². The van der Waals surface area contributed by atoms with Crippen LogP contribution in [0.25, 0.3) is 22.5 Å². The molecule has 145 valence electrons. The van der Waals surface area contributed by atoms with Gasteiger partial charge in [-0.3, -0.25) is 19.9 Å². The van der Waals surface area contributed by atoms with Crippen molar-refractivity contribution >= 4 is 0 Å². The normalized spacial score (nSPS) is 9.79. The van der Waals surface area contributed by atoms with Crippen LogP contribution in [0, 0.1) is 27.7 Å². The van der Waals surface area contributed by atoms with Gasteiger partial charge in [-0.1, -0.05) is 60.7 Å². The number of rotatable bonds is 2. The van der Waals surface area contributed by atoms with Crippen molar-refractivity contribution in [3.63, 3.8) is 0 Å². The summed E-state index contributed by atoms with van der Waals surface area (Å²) in [4.78, 5) is 17.5.